The van der Waals surface area contributed by atoms with Gasteiger partial charge in [-0.3, -0.25) is 23.9 Å². The number of thiazole rings is 1. The molecule has 0 aliphatic carbocycles. The minimum Gasteiger partial charge on any atom is -0.352 e. The maximum absolute atomic E-state index is 12.2. The molecule has 1 aliphatic heterocycles. The zero-order chi connectivity index (χ0) is 19.2. The Labute approximate surface area is 162 Å². The first-order valence-corrected chi connectivity index (χ1v) is 9.91. The molecule has 0 saturated carbocycles. The third-order valence-electron chi connectivity index (χ3n) is 4.66. The fourth-order valence-corrected chi connectivity index (χ4v) is 3.91. The number of hydrogen-bond acceptors (Lipinski definition) is 5. The van der Waals surface area contributed by atoms with Crippen molar-refractivity contribution in [3.8, 4) is 0 Å². The summed E-state index contributed by atoms with van der Waals surface area (Å²) in [5, 5.41) is 7.65. The van der Waals surface area contributed by atoms with Gasteiger partial charge in [-0.2, -0.15) is 0 Å². The maximum atomic E-state index is 12.2. The van der Waals surface area contributed by atoms with E-state index in [2.05, 4.69) is 15.5 Å². The second-order valence-electron chi connectivity index (χ2n) is 6.76. The summed E-state index contributed by atoms with van der Waals surface area (Å²) in [7, 11) is 0. The molecule has 3 rings (SSSR count). The highest BCUT2D eigenvalue weighted by atomic mass is 32.1. The summed E-state index contributed by atoms with van der Waals surface area (Å²) >= 11 is 1.11. The highest BCUT2D eigenvalue weighted by molar-refractivity contribution is 7.07. The van der Waals surface area contributed by atoms with Gasteiger partial charge in [0, 0.05) is 35.9 Å². The monoisotopic (exact) mass is 388 g/mol. The number of likely N-dealkylation sites (tertiary alicyclic amines) is 1. The van der Waals surface area contributed by atoms with Crippen LogP contribution in [-0.4, -0.2) is 47.0 Å². The highest BCUT2D eigenvalue weighted by Crippen LogP contribution is 2.11. The second-order valence-corrected chi connectivity index (χ2v) is 7.58. The van der Waals surface area contributed by atoms with E-state index in [-0.39, 0.29) is 29.3 Å². The van der Waals surface area contributed by atoms with Crippen LogP contribution in [0.2, 0.25) is 0 Å². The molecule has 8 heteroatoms. The number of piperidine rings is 1. The first-order valence-electron chi connectivity index (χ1n) is 9.03. The fraction of sp³-hybridized carbons (Fsp3) is 0.421. The van der Waals surface area contributed by atoms with E-state index in [1.807, 2.05) is 37.3 Å². The van der Waals surface area contributed by atoms with Gasteiger partial charge in [0.25, 0.3) is 0 Å². The van der Waals surface area contributed by atoms with Gasteiger partial charge in [-0.1, -0.05) is 29.5 Å². The molecule has 2 N–H and O–H groups in total. The molecule has 2 heterocycles. The van der Waals surface area contributed by atoms with Crippen molar-refractivity contribution in [1.29, 1.82) is 0 Å². The van der Waals surface area contributed by atoms with E-state index < -0.39 is 0 Å². The lowest BCUT2D eigenvalue weighted by Crippen LogP contribution is -2.47. The SMILES string of the molecule is Cc1csc(=O)n1CC(=O)NC1CCN(CC(=O)Nc2ccccc2)CC1. The molecule has 1 aromatic heterocycles. The third kappa shape index (κ3) is 5.51. The molecule has 1 aliphatic rings. The molecule has 1 aromatic carbocycles. The Morgan fingerprint density at radius 1 is 1.11 bits per heavy atom. The highest BCUT2D eigenvalue weighted by Gasteiger charge is 2.22. The van der Waals surface area contributed by atoms with Crippen molar-refractivity contribution in [2.45, 2.75) is 32.4 Å². The third-order valence-corrected chi connectivity index (χ3v) is 5.54. The molecule has 7 nitrogen and oxygen atoms in total. The lowest BCUT2D eigenvalue weighted by atomic mass is 10.0. The standard InChI is InChI=1S/C19H24N4O3S/c1-14-13-27-19(26)23(14)12-18(25)21-16-7-9-22(10-8-16)11-17(24)20-15-5-3-2-4-6-15/h2-6,13,16H,7-12H2,1H3,(H,20,24)(H,21,25). The van der Waals surface area contributed by atoms with Crippen LogP contribution < -0.4 is 15.5 Å². The van der Waals surface area contributed by atoms with Crippen LogP contribution in [0.5, 0.6) is 0 Å². The molecule has 144 valence electrons. The summed E-state index contributed by atoms with van der Waals surface area (Å²) in [4.78, 5) is 38.0. The summed E-state index contributed by atoms with van der Waals surface area (Å²) in [6.07, 6.45) is 1.59. The number of hydrogen-bond donors (Lipinski definition) is 2. The number of aromatic nitrogens is 1. The Morgan fingerprint density at radius 2 is 1.81 bits per heavy atom. The number of anilines is 1. The lowest BCUT2D eigenvalue weighted by Gasteiger charge is -2.31. The number of nitrogens with zero attached hydrogens (tertiary/aromatic N) is 2. The van der Waals surface area contributed by atoms with Gasteiger partial charge in [0.05, 0.1) is 6.54 Å². The topological polar surface area (TPSA) is 83.4 Å². The Balaban J connectivity index is 1.40. The van der Waals surface area contributed by atoms with E-state index in [9.17, 15) is 14.4 Å². The van der Waals surface area contributed by atoms with Gasteiger partial charge in [-0.15, -0.1) is 0 Å². The van der Waals surface area contributed by atoms with E-state index in [1.54, 1.807) is 5.38 Å². The van der Waals surface area contributed by atoms with Crippen molar-refractivity contribution in [3.05, 3.63) is 51.1 Å². The maximum Gasteiger partial charge on any atom is 0.307 e. The van der Waals surface area contributed by atoms with Gasteiger partial charge in [0.1, 0.15) is 6.54 Å². The molecule has 1 saturated heterocycles. The van der Waals surface area contributed by atoms with Crippen molar-refractivity contribution in [2.24, 2.45) is 0 Å². The van der Waals surface area contributed by atoms with E-state index in [0.29, 0.717) is 6.54 Å². The van der Waals surface area contributed by atoms with Crippen LogP contribution in [0.15, 0.2) is 40.5 Å². The van der Waals surface area contributed by atoms with Gasteiger partial charge in [-0.25, -0.2) is 0 Å². The Bertz CT molecular complexity index is 838. The Kier molecular flexibility index (Phi) is 6.41. The van der Waals surface area contributed by atoms with Crippen LogP contribution >= 0.6 is 11.3 Å². The molecule has 27 heavy (non-hydrogen) atoms. The molecule has 0 bridgehead atoms. The quantitative estimate of drug-likeness (QED) is 0.784. The van der Waals surface area contributed by atoms with Gasteiger partial charge < -0.3 is 10.6 Å². The first kappa shape index (κ1) is 19.3. The van der Waals surface area contributed by atoms with Crippen molar-refractivity contribution in [2.75, 3.05) is 25.0 Å². The summed E-state index contributed by atoms with van der Waals surface area (Å²) in [6.45, 7) is 3.74. The number of para-hydroxylation sites is 1. The summed E-state index contributed by atoms with van der Waals surface area (Å²) < 4.78 is 1.49. The predicted molar refractivity (Wildman–Crippen MR) is 106 cm³/mol. The van der Waals surface area contributed by atoms with Crippen LogP contribution in [0, 0.1) is 6.92 Å². The number of nitrogens with one attached hydrogen (secondary N) is 2. The van der Waals surface area contributed by atoms with Crippen LogP contribution in [0.4, 0.5) is 5.69 Å². The molecule has 2 aromatic rings. The molecule has 2 amide bonds. The molecule has 0 atom stereocenters. The molecule has 0 unspecified atom stereocenters. The van der Waals surface area contributed by atoms with Crippen LogP contribution in [-0.2, 0) is 16.1 Å². The Hall–Kier alpha value is -2.45. The van der Waals surface area contributed by atoms with Crippen LogP contribution in [0.25, 0.3) is 0 Å². The molecule has 0 radical (unpaired) electrons. The minimum atomic E-state index is -0.140. The minimum absolute atomic E-state index is 0.0315. The molecular weight excluding hydrogens is 364 g/mol. The van der Waals surface area contributed by atoms with Crippen molar-refractivity contribution in [3.63, 3.8) is 0 Å². The van der Waals surface area contributed by atoms with E-state index >= 15 is 0 Å². The van der Waals surface area contributed by atoms with Gasteiger partial charge in [-0.05, 0) is 31.9 Å². The Morgan fingerprint density at radius 3 is 2.44 bits per heavy atom. The molecule has 0 spiro atoms. The molecular formula is C19H24N4O3S. The summed E-state index contributed by atoms with van der Waals surface area (Å²) in [6, 6.07) is 9.48. The van der Waals surface area contributed by atoms with Crippen LogP contribution in [0.1, 0.15) is 18.5 Å². The second kappa shape index (κ2) is 8.96. The normalized spacial score (nSPS) is 15.4. The van der Waals surface area contributed by atoms with Crippen molar-refractivity contribution >= 4 is 28.8 Å². The summed E-state index contributed by atoms with van der Waals surface area (Å²) in [5.41, 5.74) is 1.60. The van der Waals surface area contributed by atoms with E-state index in [0.717, 1.165) is 48.6 Å². The number of amides is 2. The fourth-order valence-electron chi connectivity index (χ4n) is 3.17. The number of benzene rings is 1. The lowest BCUT2D eigenvalue weighted by molar-refractivity contribution is -0.123. The van der Waals surface area contributed by atoms with Gasteiger partial charge >= 0.3 is 4.87 Å². The van der Waals surface area contributed by atoms with E-state index in [4.69, 9.17) is 0 Å². The number of carbonyl (C=O) groups is 2. The number of aryl methyl sites for hydroxylation is 1. The first-order chi connectivity index (χ1) is 13.0. The van der Waals surface area contributed by atoms with Crippen LogP contribution in [0.3, 0.4) is 0 Å². The smallest absolute Gasteiger partial charge is 0.307 e. The summed E-state index contributed by atoms with van der Waals surface area (Å²) in [5.74, 6) is -0.171. The predicted octanol–water partition coefficient (Wildman–Crippen LogP) is 1.44. The zero-order valence-corrected chi connectivity index (χ0v) is 16.1. The molecule has 1 fully saturated rings. The van der Waals surface area contributed by atoms with Gasteiger partial charge in [0.15, 0.2) is 0 Å². The van der Waals surface area contributed by atoms with Crippen molar-refractivity contribution < 1.29 is 9.59 Å². The number of rotatable bonds is 6. The average Bonchev–Trinajstić information content (AvgIpc) is 2.96. The van der Waals surface area contributed by atoms with E-state index in [1.165, 1.54) is 4.57 Å². The average molecular weight is 388 g/mol. The van der Waals surface area contributed by atoms with Gasteiger partial charge in [0.2, 0.25) is 11.8 Å². The largest absolute Gasteiger partial charge is 0.352 e. The zero-order valence-electron chi connectivity index (χ0n) is 15.3. The van der Waals surface area contributed by atoms with Crippen molar-refractivity contribution in [1.82, 2.24) is 14.8 Å². The number of carbonyl (C=O) groups excluding carboxylic acids is 2.